The summed E-state index contributed by atoms with van der Waals surface area (Å²) in [7, 11) is 0. The van der Waals surface area contributed by atoms with Crippen LogP contribution in [0.4, 0.5) is 4.79 Å². The summed E-state index contributed by atoms with van der Waals surface area (Å²) in [4.78, 5) is 12.5. The van der Waals surface area contributed by atoms with Crippen molar-refractivity contribution in [3.63, 3.8) is 0 Å². The second kappa shape index (κ2) is 7.22. The summed E-state index contributed by atoms with van der Waals surface area (Å²) in [5.41, 5.74) is 0. The van der Waals surface area contributed by atoms with Gasteiger partial charge in [0.15, 0.2) is 23.0 Å². The van der Waals surface area contributed by atoms with Crippen LogP contribution in [0.3, 0.4) is 0 Å². The molecular weight excluding hydrogens is 269 g/mol. The third kappa shape index (κ3) is 4.44. The van der Waals surface area contributed by atoms with E-state index in [4.69, 9.17) is 6.42 Å². The molecule has 0 rings (SSSR count). The Morgan fingerprint density at radius 2 is 2.42 bits per heavy atom. The number of nitrogens with zero attached hydrogens (tertiary/aromatic N) is 1. The van der Waals surface area contributed by atoms with Crippen LogP contribution >= 0.6 is 23.0 Å². The van der Waals surface area contributed by atoms with Gasteiger partial charge in [-0.2, -0.15) is 0 Å². The first-order valence-electron chi connectivity index (χ1n) is 3.77. The van der Waals surface area contributed by atoms with Crippen LogP contribution < -0.4 is 0 Å². The number of unbranched alkanes of at least 4 members (excludes halogenated alkanes) is 1. The van der Waals surface area contributed by atoms with Crippen molar-refractivity contribution < 1.29 is 7.86 Å². The largest absolute Gasteiger partial charge is 0.420 e. The van der Waals surface area contributed by atoms with Crippen molar-refractivity contribution >= 4 is 29.1 Å². The molecule has 12 heavy (non-hydrogen) atoms. The van der Waals surface area contributed by atoms with Crippen molar-refractivity contribution in [2.75, 3.05) is 13.1 Å². The van der Waals surface area contributed by atoms with Gasteiger partial charge in [0.1, 0.15) is 0 Å². The number of halogens is 1. The Balaban J connectivity index is 3.87. The van der Waals surface area contributed by atoms with Gasteiger partial charge in [-0.3, -0.25) is 4.90 Å². The standard InChI is InChI=1S/C8H12INO2/c1-3-5-7-10(6-4-2)8(11)12-9/h2H,3,5-7H2,1H3. The summed E-state index contributed by atoms with van der Waals surface area (Å²) in [6, 6.07) is 0. The minimum absolute atomic E-state index is 0.321. The first-order valence-corrected chi connectivity index (χ1v) is 4.65. The molecule has 0 aliphatic carbocycles. The highest BCUT2D eigenvalue weighted by Crippen LogP contribution is 2.00. The van der Waals surface area contributed by atoms with Crippen LogP contribution in [-0.4, -0.2) is 24.1 Å². The predicted octanol–water partition coefficient (Wildman–Crippen LogP) is 2.21. The number of amides is 1. The first-order chi connectivity index (χ1) is 5.76. The number of hydrogen-bond acceptors (Lipinski definition) is 2. The molecular formula is C8H12INO2. The number of hydrogen-bond donors (Lipinski definition) is 0. The van der Waals surface area contributed by atoms with Crippen LogP contribution in [0.25, 0.3) is 0 Å². The third-order valence-electron chi connectivity index (χ3n) is 1.39. The minimum atomic E-state index is -0.359. The summed E-state index contributed by atoms with van der Waals surface area (Å²) >= 11 is 1.56. The van der Waals surface area contributed by atoms with Gasteiger partial charge in [-0.15, -0.1) is 6.42 Å². The summed E-state index contributed by atoms with van der Waals surface area (Å²) in [6.45, 7) is 3.05. The van der Waals surface area contributed by atoms with Gasteiger partial charge in [-0.05, 0) is 6.42 Å². The average molecular weight is 281 g/mol. The fourth-order valence-corrected chi connectivity index (χ4v) is 1.02. The van der Waals surface area contributed by atoms with Crippen LogP contribution in [-0.2, 0) is 3.07 Å². The monoisotopic (exact) mass is 281 g/mol. The van der Waals surface area contributed by atoms with Crippen molar-refractivity contribution in [1.82, 2.24) is 4.90 Å². The molecule has 0 N–H and O–H groups in total. The fourth-order valence-electron chi connectivity index (χ4n) is 0.743. The second-order valence-corrected chi connectivity index (χ2v) is 2.76. The fraction of sp³-hybridized carbons (Fsp3) is 0.625. The zero-order chi connectivity index (χ0) is 9.40. The minimum Gasteiger partial charge on any atom is -0.378 e. The number of carbonyl (C=O) groups excluding carboxylic acids is 1. The van der Waals surface area contributed by atoms with Crippen LogP contribution in [0.2, 0.25) is 0 Å². The molecule has 0 aliphatic rings. The number of carbonyl (C=O) groups is 1. The maximum Gasteiger partial charge on any atom is 0.420 e. The predicted molar refractivity (Wildman–Crippen MR) is 55.8 cm³/mol. The van der Waals surface area contributed by atoms with Gasteiger partial charge < -0.3 is 3.07 Å². The molecule has 1 amide bonds. The highest BCUT2D eigenvalue weighted by atomic mass is 127. The highest BCUT2D eigenvalue weighted by molar-refractivity contribution is 14.1. The molecule has 0 spiro atoms. The van der Waals surface area contributed by atoms with E-state index in [0.29, 0.717) is 13.1 Å². The van der Waals surface area contributed by atoms with Gasteiger partial charge in [-0.1, -0.05) is 19.3 Å². The van der Waals surface area contributed by atoms with E-state index in [1.54, 1.807) is 23.0 Å². The van der Waals surface area contributed by atoms with Gasteiger partial charge in [0.2, 0.25) is 0 Å². The molecule has 0 radical (unpaired) electrons. The van der Waals surface area contributed by atoms with Crippen LogP contribution in [0.15, 0.2) is 0 Å². The molecule has 0 aromatic heterocycles. The quantitative estimate of drug-likeness (QED) is 0.584. The SMILES string of the molecule is C#CCN(CCCC)C(=O)OI. The molecule has 3 nitrogen and oxygen atoms in total. The van der Waals surface area contributed by atoms with E-state index < -0.39 is 0 Å². The van der Waals surface area contributed by atoms with E-state index >= 15 is 0 Å². The lowest BCUT2D eigenvalue weighted by molar-refractivity contribution is 0.172. The van der Waals surface area contributed by atoms with Crippen LogP contribution in [0.1, 0.15) is 19.8 Å². The van der Waals surface area contributed by atoms with Gasteiger partial charge in [0.25, 0.3) is 0 Å². The third-order valence-corrected chi connectivity index (χ3v) is 1.76. The molecule has 0 atom stereocenters. The van der Waals surface area contributed by atoms with Gasteiger partial charge in [0.05, 0.1) is 6.54 Å². The zero-order valence-corrected chi connectivity index (χ0v) is 9.20. The first kappa shape index (κ1) is 11.6. The molecule has 0 aromatic rings. The van der Waals surface area contributed by atoms with Crippen molar-refractivity contribution in [3.05, 3.63) is 0 Å². The summed E-state index contributed by atoms with van der Waals surface area (Å²) < 4.78 is 4.52. The summed E-state index contributed by atoms with van der Waals surface area (Å²) in [6.07, 6.45) is 6.72. The van der Waals surface area contributed by atoms with E-state index in [1.807, 2.05) is 0 Å². The molecule has 4 heteroatoms. The van der Waals surface area contributed by atoms with Crippen molar-refractivity contribution in [2.24, 2.45) is 0 Å². The lowest BCUT2D eigenvalue weighted by Gasteiger charge is -2.16. The summed E-state index contributed by atoms with van der Waals surface area (Å²) in [5, 5.41) is 0. The van der Waals surface area contributed by atoms with Crippen molar-refractivity contribution in [2.45, 2.75) is 19.8 Å². The Morgan fingerprint density at radius 1 is 1.75 bits per heavy atom. The van der Waals surface area contributed by atoms with Crippen molar-refractivity contribution in [3.8, 4) is 12.3 Å². The molecule has 0 fully saturated rings. The van der Waals surface area contributed by atoms with Gasteiger partial charge in [-0.25, -0.2) is 4.79 Å². The Bertz CT molecular complexity index is 176. The Kier molecular flexibility index (Phi) is 6.96. The van der Waals surface area contributed by atoms with E-state index in [1.165, 1.54) is 4.90 Å². The highest BCUT2D eigenvalue weighted by Gasteiger charge is 2.11. The lowest BCUT2D eigenvalue weighted by Crippen LogP contribution is -2.31. The van der Waals surface area contributed by atoms with Gasteiger partial charge in [0, 0.05) is 6.54 Å². The smallest absolute Gasteiger partial charge is 0.378 e. The Labute approximate surface area is 87.1 Å². The molecule has 0 saturated heterocycles. The normalized spacial score (nSPS) is 8.75. The van der Waals surface area contributed by atoms with E-state index in [-0.39, 0.29) is 6.09 Å². The maximum absolute atomic E-state index is 11.0. The average Bonchev–Trinajstić information content (AvgIpc) is 2.11. The number of terminal acetylenes is 1. The molecule has 0 aliphatic heterocycles. The van der Waals surface area contributed by atoms with E-state index in [2.05, 4.69) is 15.9 Å². The molecule has 0 unspecified atom stereocenters. The molecule has 68 valence electrons. The molecule has 0 bridgehead atoms. The molecule has 0 heterocycles. The van der Waals surface area contributed by atoms with Crippen molar-refractivity contribution in [1.29, 1.82) is 0 Å². The Morgan fingerprint density at radius 3 is 2.83 bits per heavy atom. The molecule has 0 saturated carbocycles. The topological polar surface area (TPSA) is 29.5 Å². The van der Waals surface area contributed by atoms with E-state index in [9.17, 15) is 4.79 Å². The second-order valence-electron chi connectivity index (χ2n) is 2.32. The maximum atomic E-state index is 11.0. The Hall–Kier alpha value is -0.440. The van der Waals surface area contributed by atoms with E-state index in [0.717, 1.165) is 12.8 Å². The van der Waals surface area contributed by atoms with Gasteiger partial charge >= 0.3 is 6.09 Å². The number of rotatable bonds is 4. The molecule has 0 aromatic carbocycles. The lowest BCUT2D eigenvalue weighted by atomic mass is 10.3. The summed E-state index contributed by atoms with van der Waals surface area (Å²) in [5.74, 6) is 2.41. The van der Waals surface area contributed by atoms with Crippen LogP contribution in [0, 0.1) is 12.3 Å². The zero-order valence-electron chi connectivity index (χ0n) is 7.05. The van der Waals surface area contributed by atoms with Crippen LogP contribution in [0.5, 0.6) is 0 Å².